The Bertz CT molecular complexity index is 1210. The van der Waals surface area contributed by atoms with Crippen LogP contribution in [-0.2, 0) is 0 Å². The summed E-state index contributed by atoms with van der Waals surface area (Å²) in [6.45, 7) is 0. The van der Waals surface area contributed by atoms with Crippen LogP contribution in [0.1, 0.15) is 15.4 Å². The quantitative estimate of drug-likeness (QED) is 0.398. The van der Waals surface area contributed by atoms with Crippen LogP contribution >= 0.6 is 11.3 Å². The number of hydrogen-bond acceptors (Lipinski definition) is 8. The lowest BCUT2D eigenvalue weighted by Crippen LogP contribution is -2.04. The first-order valence-corrected chi connectivity index (χ1v) is 9.83. The lowest BCUT2D eigenvalue weighted by Gasteiger charge is -2.14. The molecule has 0 aliphatic rings. The van der Waals surface area contributed by atoms with Gasteiger partial charge >= 0.3 is 0 Å². The molecule has 30 heavy (non-hydrogen) atoms. The number of thiazole rings is 1. The molecule has 0 saturated carbocycles. The number of carbonyl (C=O) groups excluding carboxylic acids is 1. The smallest absolute Gasteiger partial charge is 0.225 e. The van der Waals surface area contributed by atoms with Crippen LogP contribution in [0.4, 0.5) is 0 Å². The van der Waals surface area contributed by atoms with E-state index in [1.165, 1.54) is 11.3 Å². The molecule has 2 aromatic heterocycles. The maximum Gasteiger partial charge on any atom is 0.225 e. The number of nitrogens with zero attached hydrogens (tertiary/aromatic N) is 2. The summed E-state index contributed by atoms with van der Waals surface area (Å²) in [7, 11) is 4.68. The van der Waals surface area contributed by atoms with E-state index in [4.69, 9.17) is 18.9 Å². The van der Waals surface area contributed by atoms with Gasteiger partial charge in [0.15, 0.2) is 16.5 Å². The van der Waals surface area contributed by atoms with Crippen LogP contribution in [0.25, 0.3) is 10.9 Å². The second kappa shape index (κ2) is 8.38. The molecule has 7 nitrogen and oxygen atoms in total. The zero-order valence-corrected chi connectivity index (χ0v) is 17.4. The number of carbonyl (C=O) groups is 1. The molecule has 152 valence electrons. The average molecular weight is 422 g/mol. The van der Waals surface area contributed by atoms with E-state index in [0.29, 0.717) is 44.8 Å². The highest BCUT2D eigenvalue weighted by atomic mass is 32.1. The van der Waals surface area contributed by atoms with Gasteiger partial charge in [0.2, 0.25) is 5.78 Å². The van der Waals surface area contributed by atoms with E-state index in [1.54, 1.807) is 75.5 Å². The molecule has 0 atom stereocenters. The van der Waals surface area contributed by atoms with E-state index in [1.807, 2.05) is 0 Å². The Morgan fingerprint density at radius 1 is 0.833 bits per heavy atom. The molecule has 4 rings (SSSR count). The number of ketones is 1. The number of aromatic nitrogens is 2. The van der Waals surface area contributed by atoms with Crippen LogP contribution in [0, 0.1) is 0 Å². The van der Waals surface area contributed by atoms with E-state index in [0.717, 1.165) is 5.39 Å². The summed E-state index contributed by atoms with van der Waals surface area (Å²) in [6.07, 6.45) is 3.23. The van der Waals surface area contributed by atoms with Crippen molar-refractivity contribution < 1.29 is 23.7 Å². The largest absolute Gasteiger partial charge is 0.497 e. The fourth-order valence-corrected chi connectivity index (χ4v) is 3.60. The topological polar surface area (TPSA) is 79.8 Å². The average Bonchev–Trinajstić information content (AvgIpc) is 3.33. The fraction of sp³-hybridized carbons (Fsp3) is 0.136. The Morgan fingerprint density at radius 3 is 2.33 bits per heavy atom. The Morgan fingerprint density at radius 2 is 1.63 bits per heavy atom. The fourth-order valence-electron chi connectivity index (χ4n) is 3.01. The molecule has 0 unspecified atom stereocenters. The summed E-state index contributed by atoms with van der Waals surface area (Å²) >= 11 is 1.27. The minimum Gasteiger partial charge on any atom is -0.497 e. The van der Waals surface area contributed by atoms with Crippen molar-refractivity contribution in [2.75, 3.05) is 21.3 Å². The van der Waals surface area contributed by atoms with Gasteiger partial charge in [-0.1, -0.05) is 0 Å². The van der Waals surface area contributed by atoms with Crippen LogP contribution in [0.3, 0.4) is 0 Å². The van der Waals surface area contributed by atoms with Gasteiger partial charge in [-0.25, -0.2) is 4.98 Å². The standard InChI is InChI=1S/C22H18N2O5S/c1-26-13-4-5-17(15(10-13)21(25)22-24-8-9-30-22)29-18-6-7-23-16-12-20(28-3)19(27-2)11-14(16)18/h4-12H,1-3H3. The monoisotopic (exact) mass is 422 g/mol. The van der Waals surface area contributed by atoms with E-state index < -0.39 is 0 Å². The van der Waals surface area contributed by atoms with Gasteiger partial charge in [-0.2, -0.15) is 0 Å². The maximum atomic E-state index is 13.0. The Balaban J connectivity index is 1.81. The van der Waals surface area contributed by atoms with Gasteiger partial charge in [-0.3, -0.25) is 9.78 Å². The molecule has 0 radical (unpaired) electrons. The molecule has 0 fully saturated rings. The van der Waals surface area contributed by atoms with Gasteiger partial charge in [0.25, 0.3) is 0 Å². The van der Waals surface area contributed by atoms with Crippen molar-refractivity contribution in [1.82, 2.24) is 9.97 Å². The Kier molecular flexibility index (Phi) is 5.49. The molecule has 4 aromatic rings. The summed E-state index contributed by atoms with van der Waals surface area (Å²) in [6, 6.07) is 10.4. The van der Waals surface area contributed by atoms with Gasteiger partial charge in [-0.15, -0.1) is 11.3 Å². The molecule has 2 aromatic carbocycles. The summed E-state index contributed by atoms with van der Waals surface area (Å²) in [5, 5.41) is 2.85. The number of rotatable bonds is 7. The number of methoxy groups -OCH3 is 3. The predicted octanol–water partition coefficient (Wildman–Crippen LogP) is 4.74. The lowest BCUT2D eigenvalue weighted by atomic mass is 10.1. The number of pyridine rings is 1. The van der Waals surface area contributed by atoms with Crippen LogP contribution < -0.4 is 18.9 Å². The zero-order chi connectivity index (χ0) is 21.1. The lowest BCUT2D eigenvalue weighted by molar-refractivity contribution is 0.103. The highest BCUT2D eigenvalue weighted by Gasteiger charge is 2.20. The Labute approximate surface area is 176 Å². The molecular formula is C22H18N2O5S. The molecule has 0 bridgehead atoms. The number of hydrogen-bond donors (Lipinski definition) is 0. The summed E-state index contributed by atoms with van der Waals surface area (Å²) < 4.78 is 22.2. The number of fused-ring (bicyclic) bond motifs is 1. The van der Waals surface area contributed by atoms with Gasteiger partial charge in [0, 0.05) is 29.2 Å². The molecule has 0 amide bonds. The molecule has 0 saturated heterocycles. The third kappa shape index (κ3) is 3.65. The normalized spacial score (nSPS) is 10.6. The molecule has 2 heterocycles. The van der Waals surface area contributed by atoms with Crippen LogP contribution in [0.2, 0.25) is 0 Å². The maximum absolute atomic E-state index is 13.0. The van der Waals surface area contributed by atoms with Crippen LogP contribution in [-0.4, -0.2) is 37.1 Å². The molecule has 0 aliphatic carbocycles. The van der Waals surface area contributed by atoms with E-state index in [9.17, 15) is 4.79 Å². The van der Waals surface area contributed by atoms with Crippen molar-refractivity contribution in [3.05, 3.63) is 64.7 Å². The summed E-state index contributed by atoms with van der Waals surface area (Å²) in [5.74, 6) is 2.35. The highest BCUT2D eigenvalue weighted by molar-refractivity contribution is 7.11. The number of benzene rings is 2. The second-order valence-corrected chi connectivity index (χ2v) is 7.06. The van der Waals surface area contributed by atoms with Crippen molar-refractivity contribution >= 4 is 28.0 Å². The first-order valence-electron chi connectivity index (χ1n) is 8.95. The molecular weight excluding hydrogens is 404 g/mol. The first kappa shape index (κ1) is 19.7. The summed E-state index contributed by atoms with van der Waals surface area (Å²) in [4.78, 5) is 21.5. The molecule has 0 N–H and O–H groups in total. The van der Waals surface area contributed by atoms with Crippen LogP contribution in [0.5, 0.6) is 28.7 Å². The SMILES string of the molecule is COc1ccc(Oc2ccnc3cc(OC)c(OC)cc23)c(C(=O)c2nccs2)c1. The van der Waals surface area contributed by atoms with Gasteiger partial charge in [0.1, 0.15) is 17.2 Å². The first-order chi connectivity index (χ1) is 14.6. The van der Waals surface area contributed by atoms with Gasteiger partial charge < -0.3 is 18.9 Å². The summed E-state index contributed by atoms with van der Waals surface area (Å²) in [5.41, 5.74) is 1.03. The van der Waals surface area contributed by atoms with E-state index >= 15 is 0 Å². The van der Waals surface area contributed by atoms with Crippen molar-refractivity contribution in [3.8, 4) is 28.7 Å². The minimum atomic E-state index is -0.239. The van der Waals surface area contributed by atoms with Crippen molar-refractivity contribution in [2.45, 2.75) is 0 Å². The third-order valence-electron chi connectivity index (χ3n) is 4.48. The molecule has 0 aliphatic heterocycles. The van der Waals surface area contributed by atoms with E-state index in [2.05, 4.69) is 9.97 Å². The highest BCUT2D eigenvalue weighted by Crippen LogP contribution is 2.38. The Hall–Kier alpha value is -3.65. The number of ether oxygens (including phenoxy) is 4. The van der Waals surface area contributed by atoms with Crippen molar-refractivity contribution in [2.24, 2.45) is 0 Å². The van der Waals surface area contributed by atoms with Gasteiger partial charge in [-0.05, 0) is 30.3 Å². The van der Waals surface area contributed by atoms with Crippen molar-refractivity contribution in [3.63, 3.8) is 0 Å². The third-order valence-corrected chi connectivity index (χ3v) is 5.26. The van der Waals surface area contributed by atoms with Crippen molar-refractivity contribution in [1.29, 1.82) is 0 Å². The molecule has 8 heteroatoms. The molecule has 0 spiro atoms. The van der Waals surface area contributed by atoms with Crippen LogP contribution in [0.15, 0.2) is 54.2 Å². The van der Waals surface area contributed by atoms with E-state index in [-0.39, 0.29) is 5.78 Å². The van der Waals surface area contributed by atoms with Gasteiger partial charge in [0.05, 0.1) is 32.4 Å². The minimum absolute atomic E-state index is 0.239. The second-order valence-electron chi connectivity index (χ2n) is 6.16. The zero-order valence-electron chi connectivity index (χ0n) is 16.5. The predicted molar refractivity (Wildman–Crippen MR) is 113 cm³/mol.